The minimum atomic E-state index is 0.114. The number of benzene rings is 1. The zero-order valence-electron chi connectivity index (χ0n) is 16.6. The number of aromatic nitrogens is 3. The molecular weight excluding hydrogens is 350 g/mol. The van der Waals surface area contributed by atoms with Gasteiger partial charge in [0.15, 0.2) is 0 Å². The van der Waals surface area contributed by atoms with Crippen LogP contribution in [0.15, 0.2) is 54.7 Å². The smallest absolute Gasteiger partial charge is 0.225 e. The minimum Gasteiger partial charge on any atom is -0.396 e. The average Bonchev–Trinajstić information content (AvgIpc) is 2.68. The Morgan fingerprint density at radius 2 is 1.75 bits per heavy atom. The molecule has 0 aliphatic heterocycles. The lowest BCUT2D eigenvalue weighted by molar-refractivity contribution is 0.292. The van der Waals surface area contributed by atoms with Gasteiger partial charge in [-0.2, -0.15) is 4.98 Å². The van der Waals surface area contributed by atoms with Gasteiger partial charge >= 0.3 is 0 Å². The van der Waals surface area contributed by atoms with Crippen molar-refractivity contribution in [2.45, 2.75) is 32.6 Å². The Morgan fingerprint density at radius 3 is 2.39 bits per heavy atom. The van der Waals surface area contributed by atoms with Gasteiger partial charge in [0.05, 0.1) is 11.4 Å². The number of hydrogen-bond acceptors (Lipinski definition) is 6. The van der Waals surface area contributed by atoms with Crippen molar-refractivity contribution in [1.29, 1.82) is 0 Å². The molecule has 28 heavy (non-hydrogen) atoms. The molecule has 0 aliphatic rings. The fraction of sp³-hybridized carbons (Fsp3) is 0.318. The SMILES string of the molecule is CC(C)(C)c1ccc(Nc2cc(-c3ccccn3)nc(NCCCO)n2)cc1. The molecule has 2 aromatic heterocycles. The molecule has 3 N–H and O–H groups in total. The van der Waals surface area contributed by atoms with Gasteiger partial charge in [0.2, 0.25) is 5.95 Å². The standard InChI is InChI=1S/C22H27N5O/c1-22(2,3)16-8-10-17(11-9-16)25-20-15-19(18-7-4-5-12-23-18)26-21(27-20)24-13-6-14-28/h4-5,7-12,15,28H,6,13-14H2,1-3H3,(H2,24,25,26,27). The second-order valence-corrected chi connectivity index (χ2v) is 7.63. The van der Waals surface area contributed by atoms with E-state index in [2.05, 4.69) is 70.6 Å². The summed E-state index contributed by atoms with van der Waals surface area (Å²) in [6, 6.07) is 16.0. The van der Waals surface area contributed by atoms with Crippen molar-refractivity contribution in [3.63, 3.8) is 0 Å². The molecule has 0 aliphatic carbocycles. The zero-order valence-corrected chi connectivity index (χ0v) is 16.6. The Hall–Kier alpha value is -2.99. The summed E-state index contributed by atoms with van der Waals surface area (Å²) in [4.78, 5) is 13.5. The van der Waals surface area contributed by atoms with Gasteiger partial charge < -0.3 is 15.7 Å². The Bertz CT molecular complexity index is 889. The van der Waals surface area contributed by atoms with E-state index in [4.69, 9.17) is 5.11 Å². The topological polar surface area (TPSA) is 83.0 Å². The number of nitrogens with one attached hydrogen (secondary N) is 2. The second kappa shape index (κ2) is 8.80. The number of anilines is 3. The molecule has 0 atom stereocenters. The van der Waals surface area contributed by atoms with Crippen LogP contribution in [-0.2, 0) is 5.41 Å². The predicted molar refractivity (Wildman–Crippen MR) is 114 cm³/mol. The van der Waals surface area contributed by atoms with Crippen LogP contribution in [0.2, 0.25) is 0 Å². The molecule has 146 valence electrons. The number of nitrogens with zero attached hydrogens (tertiary/aromatic N) is 3. The van der Waals surface area contributed by atoms with Crippen LogP contribution in [0.4, 0.5) is 17.5 Å². The summed E-state index contributed by atoms with van der Waals surface area (Å²) in [5, 5.41) is 15.5. The van der Waals surface area contributed by atoms with E-state index in [1.165, 1.54) is 5.56 Å². The normalized spacial score (nSPS) is 11.3. The van der Waals surface area contributed by atoms with E-state index in [-0.39, 0.29) is 12.0 Å². The molecule has 0 spiro atoms. The van der Waals surface area contributed by atoms with Gasteiger partial charge in [-0.25, -0.2) is 4.98 Å². The van der Waals surface area contributed by atoms with E-state index < -0.39 is 0 Å². The third kappa shape index (κ3) is 5.27. The van der Waals surface area contributed by atoms with Gasteiger partial charge in [-0.05, 0) is 41.7 Å². The molecule has 3 aromatic rings. The molecule has 0 saturated carbocycles. The molecule has 2 heterocycles. The summed E-state index contributed by atoms with van der Waals surface area (Å²) < 4.78 is 0. The summed E-state index contributed by atoms with van der Waals surface area (Å²) in [5.41, 5.74) is 3.86. The summed E-state index contributed by atoms with van der Waals surface area (Å²) in [6.07, 6.45) is 2.38. The highest BCUT2D eigenvalue weighted by atomic mass is 16.3. The van der Waals surface area contributed by atoms with Crippen LogP contribution < -0.4 is 10.6 Å². The summed E-state index contributed by atoms with van der Waals surface area (Å²) in [7, 11) is 0. The van der Waals surface area contributed by atoms with Gasteiger partial charge in [0, 0.05) is 31.1 Å². The quantitative estimate of drug-likeness (QED) is 0.530. The Labute approximate surface area is 166 Å². The zero-order chi connectivity index (χ0) is 20.0. The number of rotatable bonds is 7. The van der Waals surface area contributed by atoms with Crippen LogP contribution in [0.3, 0.4) is 0 Å². The first-order chi connectivity index (χ1) is 13.5. The number of hydrogen-bond donors (Lipinski definition) is 3. The Morgan fingerprint density at radius 1 is 0.964 bits per heavy atom. The molecule has 3 rings (SSSR count). The van der Waals surface area contributed by atoms with Crippen LogP contribution in [0.5, 0.6) is 0 Å². The number of aliphatic hydroxyl groups is 1. The lowest BCUT2D eigenvalue weighted by atomic mass is 9.87. The lowest BCUT2D eigenvalue weighted by Crippen LogP contribution is -2.11. The number of pyridine rings is 1. The molecule has 0 bridgehead atoms. The van der Waals surface area contributed by atoms with Crippen molar-refractivity contribution in [3.05, 3.63) is 60.3 Å². The van der Waals surface area contributed by atoms with Gasteiger partial charge in [-0.3, -0.25) is 4.98 Å². The van der Waals surface area contributed by atoms with E-state index in [0.717, 1.165) is 17.1 Å². The molecule has 0 amide bonds. The third-order valence-electron chi connectivity index (χ3n) is 4.29. The molecule has 0 fully saturated rings. The fourth-order valence-corrected chi connectivity index (χ4v) is 2.72. The highest BCUT2D eigenvalue weighted by Crippen LogP contribution is 2.26. The molecule has 6 nitrogen and oxygen atoms in total. The van der Waals surface area contributed by atoms with Crippen LogP contribution in [-0.4, -0.2) is 33.2 Å². The van der Waals surface area contributed by atoms with Crippen LogP contribution in [0, 0.1) is 0 Å². The fourth-order valence-electron chi connectivity index (χ4n) is 2.72. The second-order valence-electron chi connectivity index (χ2n) is 7.63. The van der Waals surface area contributed by atoms with Crippen molar-refractivity contribution in [2.75, 3.05) is 23.8 Å². The van der Waals surface area contributed by atoms with E-state index in [0.29, 0.717) is 24.7 Å². The van der Waals surface area contributed by atoms with E-state index in [1.807, 2.05) is 24.3 Å². The van der Waals surface area contributed by atoms with E-state index >= 15 is 0 Å². The largest absolute Gasteiger partial charge is 0.396 e. The van der Waals surface area contributed by atoms with Crippen molar-refractivity contribution >= 4 is 17.5 Å². The van der Waals surface area contributed by atoms with Crippen molar-refractivity contribution < 1.29 is 5.11 Å². The average molecular weight is 377 g/mol. The van der Waals surface area contributed by atoms with Gasteiger partial charge in [0.25, 0.3) is 0 Å². The monoisotopic (exact) mass is 377 g/mol. The third-order valence-corrected chi connectivity index (χ3v) is 4.29. The molecular formula is C22H27N5O. The van der Waals surface area contributed by atoms with Crippen molar-refractivity contribution in [1.82, 2.24) is 15.0 Å². The predicted octanol–water partition coefficient (Wildman–Crippen LogP) is 4.37. The highest BCUT2D eigenvalue weighted by Gasteiger charge is 2.13. The van der Waals surface area contributed by atoms with Gasteiger partial charge in [-0.1, -0.05) is 39.0 Å². The number of aliphatic hydroxyl groups excluding tert-OH is 1. The molecule has 0 radical (unpaired) electrons. The summed E-state index contributed by atoms with van der Waals surface area (Å²) >= 11 is 0. The van der Waals surface area contributed by atoms with Crippen LogP contribution in [0.1, 0.15) is 32.8 Å². The Kier molecular flexibility index (Phi) is 6.21. The lowest BCUT2D eigenvalue weighted by Gasteiger charge is -2.19. The van der Waals surface area contributed by atoms with Crippen LogP contribution in [0.25, 0.3) is 11.4 Å². The first-order valence-corrected chi connectivity index (χ1v) is 9.48. The molecule has 0 saturated heterocycles. The Balaban J connectivity index is 1.87. The summed E-state index contributed by atoms with van der Waals surface area (Å²) in [5.74, 6) is 1.19. The van der Waals surface area contributed by atoms with E-state index in [1.54, 1.807) is 6.20 Å². The van der Waals surface area contributed by atoms with Crippen molar-refractivity contribution in [2.24, 2.45) is 0 Å². The van der Waals surface area contributed by atoms with Crippen molar-refractivity contribution in [3.8, 4) is 11.4 Å². The van der Waals surface area contributed by atoms with Gasteiger partial charge in [0.1, 0.15) is 5.82 Å². The molecule has 6 heteroatoms. The van der Waals surface area contributed by atoms with Gasteiger partial charge in [-0.15, -0.1) is 0 Å². The first-order valence-electron chi connectivity index (χ1n) is 9.48. The first kappa shape index (κ1) is 19.8. The highest BCUT2D eigenvalue weighted by molar-refractivity contribution is 5.65. The minimum absolute atomic E-state index is 0.114. The summed E-state index contributed by atoms with van der Waals surface area (Å²) in [6.45, 7) is 7.32. The molecule has 1 aromatic carbocycles. The van der Waals surface area contributed by atoms with Crippen LogP contribution >= 0.6 is 0 Å². The molecule has 0 unspecified atom stereocenters. The maximum Gasteiger partial charge on any atom is 0.225 e. The maximum atomic E-state index is 9.00. The maximum absolute atomic E-state index is 9.00. The van der Waals surface area contributed by atoms with E-state index in [9.17, 15) is 0 Å².